The molecule has 0 fully saturated rings. The molecule has 1 N–H and O–H groups in total. The maximum Gasteiger partial charge on any atom is 0.314 e. The van der Waals surface area contributed by atoms with Crippen LogP contribution >= 0.6 is 0 Å². The maximum atomic E-state index is 11.8. The molecule has 1 unspecified atom stereocenters. The van der Waals surface area contributed by atoms with Gasteiger partial charge in [-0.05, 0) is 12.0 Å². The van der Waals surface area contributed by atoms with E-state index in [4.69, 9.17) is 9.47 Å². The molecule has 0 saturated heterocycles. The summed E-state index contributed by atoms with van der Waals surface area (Å²) >= 11 is 0. The summed E-state index contributed by atoms with van der Waals surface area (Å²) in [7, 11) is 1.41. The lowest BCUT2D eigenvalue weighted by Gasteiger charge is -2.15. The number of hydrogen-bond donors (Lipinski definition) is 1. The zero-order valence-corrected chi connectivity index (χ0v) is 12.0. The van der Waals surface area contributed by atoms with Crippen molar-refractivity contribution in [3.05, 3.63) is 48.6 Å². The van der Waals surface area contributed by atoms with Crippen molar-refractivity contribution >= 4 is 5.97 Å². The van der Waals surface area contributed by atoms with Crippen LogP contribution in [-0.2, 0) is 14.3 Å². The molecule has 0 aliphatic rings. The average Bonchev–Trinajstić information content (AvgIpc) is 2.50. The predicted octanol–water partition coefficient (Wildman–Crippen LogP) is 2.13. The number of methoxy groups -OCH3 is 1. The highest BCUT2D eigenvalue weighted by atomic mass is 16.5. The molecule has 4 heteroatoms. The van der Waals surface area contributed by atoms with Crippen LogP contribution in [0.2, 0.25) is 0 Å². The molecule has 20 heavy (non-hydrogen) atoms. The Morgan fingerprint density at radius 3 is 2.75 bits per heavy atom. The van der Waals surface area contributed by atoms with Crippen molar-refractivity contribution in [2.75, 3.05) is 33.4 Å². The van der Waals surface area contributed by atoms with Crippen molar-refractivity contribution in [3.63, 3.8) is 0 Å². The molecule has 0 amide bonds. The lowest BCUT2D eigenvalue weighted by molar-refractivity contribution is -0.142. The summed E-state index contributed by atoms with van der Waals surface area (Å²) in [5.41, 5.74) is 0.958. The molecule has 1 atom stereocenters. The molecule has 4 nitrogen and oxygen atoms in total. The van der Waals surface area contributed by atoms with Crippen molar-refractivity contribution in [1.29, 1.82) is 0 Å². The topological polar surface area (TPSA) is 47.6 Å². The van der Waals surface area contributed by atoms with Gasteiger partial charge in [0.05, 0.1) is 26.2 Å². The second kappa shape index (κ2) is 10.2. The van der Waals surface area contributed by atoms with Crippen LogP contribution in [-0.4, -0.2) is 39.4 Å². The Bertz CT molecular complexity index is 392. The first kappa shape index (κ1) is 16.4. The minimum absolute atomic E-state index is 0.226. The van der Waals surface area contributed by atoms with Gasteiger partial charge in [-0.2, -0.15) is 0 Å². The van der Waals surface area contributed by atoms with Gasteiger partial charge in [-0.3, -0.25) is 4.79 Å². The van der Waals surface area contributed by atoms with E-state index in [0.29, 0.717) is 26.3 Å². The summed E-state index contributed by atoms with van der Waals surface area (Å²) in [5.74, 6) is -0.509. The largest absolute Gasteiger partial charge is 0.469 e. The minimum Gasteiger partial charge on any atom is -0.469 e. The molecular formula is C16H23NO3. The maximum absolute atomic E-state index is 11.8. The number of carbonyl (C=O) groups excluding carboxylic acids is 1. The van der Waals surface area contributed by atoms with Gasteiger partial charge in [0.15, 0.2) is 0 Å². The Morgan fingerprint density at radius 1 is 1.35 bits per heavy atom. The minimum atomic E-state index is -0.283. The van der Waals surface area contributed by atoms with Gasteiger partial charge in [0.25, 0.3) is 0 Å². The summed E-state index contributed by atoms with van der Waals surface area (Å²) in [5, 5.41) is 3.22. The Kier molecular flexibility index (Phi) is 8.35. The number of ether oxygens (including phenoxy) is 2. The highest BCUT2D eigenvalue weighted by Crippen LogP contribution is 2.15. The number of nitrogens with one attached hydrogen (secondary N) is 1. The lowest BCUT2D eigenvalue weighted by atomic mass is 9.99. The van der Waals surface area contributed by atoms with Gasteiger partial charge in [-0.25, -0.2) is 0 Å². The van der Waals surface area contributed by atoms with Crippen LogP contribution in [0, 0.1) is 0 Å². The molecule has 0 aromatic heterocycles. The summed E-state index contributed by atoms with van der Waals surface area (Å²) in [6, 6.07) is 9.64. The molecule has 0 radical (unpaired) electrons. The van der Waals surface area contributed by atoms with Gasteiger partial charge in [-0.1, -0.05) is 36.4 Å². The van der Waals surface area contributed by atoms with Crippen LogP contribution in [0.5, 0.6) is 0 Å². The first-order valence-electron chi connectivity index (χ1n) is 6.81. The number of benzene rings is 1. The van der Waals surface area contributed by atoms with E-state index in [2.05, 4.69) is 11.9 Å². The first-order valence-corrected chi connectivity index (χ1v) is 6.81. The summed E-state index contributed by atoms with van der Waals surface area (Å²) < 4.78 is 10.3. The molecule has 0 aliphatic heterocycles. The fourth-order valence-corrected chi connectivity index (χ4v) is 1.82. The van der Waals surface area contributed by atoms with Gasteiger partial charge in [0.2, 0.25) is 0 Å². The van der Waals surface area contributed by atoms with Crippen molar-refractivity contribution in [1.82, 2.24) is 5.32 Å². The highest BCUT2D eigenvalue weighted by Gasteiger charge is 2.20. The van der Waals surface area contributed by atoms with E-state index in [1.165, 1.54) is 7.11 Å². The van der Waals surface area contributed by atoms with E-state index in [-0.39, 0.29) is 11.9 Å². The molecule has 1 aromatic rings. The monoisotopic (exact) mass is 277 g/mol. The van der Waals surface area contributed by atoms with Gasteiger partial charge in [0, 0.05) is 13.1 Å². The summed E-state index contributed by atoms with van der Waals surface area (Å²) in [6.07, 6.45) is 2.69. The van der Waals surface area contributed by atoms with Crippen LogP contribution in [0.25, 0.3) is 0 Å². The van der Waals surface area contributed by atoms with Gasteiger partial charge < -0.3 is 14.8 Å². The average molecular weight is 277 g/mol. The molecule has 0 saturated carbocycles. The fraction of sp³-hybridized carbons (Fsp3) is 0.438. The third-order valence-corrected chi connectivity index (χ3v) is 2.93. The van der Waals surface area contributed by atoms with E-state index >= 15 is 0 Å². The van der Waals surface area contributed by atoms with E-state index in [9.17, 15) is 4.79 Å². The Morgan fingerprint density at radius 2 is 2.10 bits per heavy atom. The second-order valence-electron chi connectivity index (χ2n) is 4.38. The third kappa shape index (κ3) is 5.99. The zero-order valence-electron chi connectivity index (χ0n) is 12.0. The number of hydrogen-bond acceptors (Lipinski definition) is 4. The molecular weight excluding hydrogens is 254 g/mol. The highest BCUT2D eigenvalue weighted by molar-refractivity contribution is 5.78. The van der Waals surface area contributed by atoms with Gasteiger partial charge in [0.1, 0.15) is 0 Å². The summed E-state index contributed by atoms with van der Waals surface area (Å²) in [4.78, 5) is 11.8. The van der Waals surface area contributed by atoms with Crippen LogP contribution in [0.15, 0.2) is 43.0 Å². The number of rotatable bonds is 10. The second-order valence-corrected chi connectivity index (χ2v) is 4.38. The van der Waals surface area contributed by atoms with Crippen LogP contribution in [0.4, 0.5) is 0 Å². The van der Waals surface area contributed by atoms with E-state index in [1.807, 2.05) is 36.4 Å². The Balaban J connectivity index is 2.35. The Labute approximate surface area is 120 Å². The Hall–Kier alpha value is -1.65. The van der Waals surface area contributed by atoms with Crippen molar-refractivity contribution < 1.29 is 14.3 Å². The van der Waals surface area contributed by atoms with Crippen molar-refractivity contribution in [2.24, 2.45) is 0 Å². The predicted molar refractivity (Wildman–Crippen MR) is 79.7 cm³/mol. The normalized spacial score (nSPS) is 11.8. The van der Waals surface area contributed by atoms with Crippen LogP contribution in [0.3, 0.4) is 0 Å². The molecule has 1 aromatic carbocycles. The third-order valence-electron chi connectivity index (χ3n) is 2.93. The van der Waals surface area contributed by atoms with E-state index < -0.39 is 0 Å². The quantitative estimate of drug-likeness (QED) is 0.404. The van der Waals surface area contributed by atoms with Crippen LogP contribution < -0.4 is 5.32 Å². The van der Waals surface area contributed by atoms with Crippen molar-refractivity contribution in [3.8, 4) is 0 Å². The van der Waals surface area contributed by atoms with E-state index in [1.54, 1.807) is 0 Å². The fourth-order valence-electron chi connectivity index (χ4n) is 1.82. The van der Waals surface area contributed by atoms with Crippen molar-refractivity contribution in [2.45, 2.75) is 12.3 Å². The molecule has 1 rings (SSSR count). The van der Waals surface area contributed by atoms with Gasteiger partial charge in [-0.15, -0.1) is 6.58 Å². The standard InChI is InChI=1S/C16H23NO3/c1-3-4-11-20-12-10-17-13-15(16(18)19-2)14-8-6-5-7-9-14/h3,5-9,15,17H,1,4,10-13H2,2H3. The van der Waals surface area contributed by atoms with E-state index in [0.717, 1.165) is 12.0 Å². The molecule has 0 bridgehead atoms. The molecule has 0 heterocycles. The smallest absolute Gasteiger partial charge is 0.314 e. The summed E-state index contributed by atoms with van der Waals surface area (Å²) in [6.45, 7) is 6.19. The van der Waals surface area contributed by atoms with Crippen LogP contribution in [0.1, 0.15) is 17.9 Å². The van der Waals surface area contributed by atoms with Gasteiger partial charge >= 0.3 is 5.97 Å². The lowest BCUT2D eigenvalue weighted by Crippen LogP contribution is -2.30. The zero-order chi connectivity index (χ0) is 14.6. The number of esters is 1. The SMILES string of the molecule is C=CCCOCCNCC(C(=O)OC)c1ccccc1. The molecule has 0 spiro atoms. The molecule has 110 valence electrons. The first-order chi connectivity index (χ1) is 9.79. The molecule has 0 aliphatic carbocycles. The number of carbonyl (C=O) groups is 1.